The number of hydrogen-bond acceptors (Lipinski definition) is 6. The van der Waals surface area contributed by atoms with Gasteiger partial charge in [0.05, 0.1) is 28.5 Å². The fourth-order valence-corrected chi connectivity index (χ4v) is 5.48. The Bertz CT molecular complexity index is 1250. The Morgan fingerprint density at radius 3 is 2.56 bits per heavy atom. The summed E-state index contributed by atoms with van der Waals surface area (Å²) in [4.78, 5) is 24.2. The van der Waals surface area contributed by atoms with E-state index < -0.39 is 44.7 Å². The third-order valence-corrected chi connectivity index (χ3v) is 7.19. The molecular formula is C21H21F2NO7S. The van der Waals surface area contributed by atoms with Crippen molar-refractivity contribution < 1.29 is 36.6 Å². The van der Waals surface area contributed by atoms with E-state index in [1.807, 2.05) is 0 Å². The van der Waals surface area contributed by atoms with Crippen LogP contribution in [0.2, 0.25) is 0 Å². The average Bonchev–Trinajstić information content (AvgIpc) is 3.55. The van der Waals surface area contributed by atoms with E-state index in [0.29, 0.717) is 25.9 Å². The third-order valence-electron chi connectivity index (χ3n) is 5.49. The number of sulfone groups is 1. The summed E-state index contributed by atoms with van der Waals surface area (Å²) in [6, 6.07) is 2.86. The number of methoxy groups -OCH3 is 1. The summed E-state index contributed by atoms with van der Waals surface area (Å²) in [5.74, 6) is -2.26. The number of carbonyl (C=O) groups is 1. The monoisotopic (exact) mass is 469 g/mol. The van der Waals surface area contributed by atoms with Gasteiger partial charge in [-0.25, -0.2) is 22.0 Å². The highest BCUT2D eigenvalue weighted by molar-refractivity contribution is 7.90. The lowest BCUT2D eigenvalue weighted by Crippen LogP contribution is -2.30. The maximum absolute atomic E-state index is 13.9. The first-order valence-electron chi connectivity index (χ1n) is 9.98. The van der Waals surface area contributed by atoms with Gasteiger partial charge < -0.3 is 19.1 Å². The van der Waals surface area contributed by atoms with E-state index in [1.165, 1.54) is 11.7 Å². The summed E-state index contributed by atoms with van der Waals surface area (Å²) >= 11 is 0. The normalized spacial score (nSPS) is 16.5. The number of pyridine rings is 1. The number of aromatic nitrogens is 1. The summed E-state index contributed by atoms with van der Waals surface area (Å²) in [5.41, 5.74) is -1.56. The second kappa shape index (κ2) is 8.28. The minimum atomic E-state index is -3.99. The van der Waals surface area contributed by atoms with Crippen LogP contribution in [0.3, 0.4) is 0 Å². The van der Waals surface area contributed by atoms with Crippen molar-refractivity contribution in [3.8, 4) is 17.0 Å². The van der Waals surface area contributed by atoms with Gasteiger partial charge in [-0.05, 0) is 36.6 Å². The summed E-state index contributed by atoms with van der Waals surface area (Å²) in [5, 5.41) is 9.41. The number of hydrogen-bond donors (Lipinski definition) is 1. The standard InChI is InChI=1S/C21H21F2NO7S/c1-30-5-2-6-31-16-9-17-14(8-13(16)19(22)23)18-11(10-32(17,28)29)7-15(21(26)27)20(25)24(18)12-3-4-12/h7-9,12,19H,2-6,10H2,1H3,(H,26,27). The number of rotatable bonds is 8. The molecule has 0 unspecified atom stereocenters. The fourth-order valence-electron chi connectivity index (χ4n) is 3.92. The number of aromatic carboxylic acids is 1. The maximum Gasteiger partial charge on any atom is 0.341 e. The Morgan fingerprint density at radius 2 is 1.97 bits per heavy atom. The summed E-state index contributed by atoms with van der Waals surface area (Å²) in [6.45, 7) is 0.401. The molecule has 8 nitrogen and oxygen atoms in total. The molecule has 0 atom stereocenters. The highest BCUT2D eigenvalue weighted by Gasteiger charge is 2.38. The molecule has 0 amide bonds. The van der Waals surface area contributed by atoms with E-state index in [0.717, 1.165) is 18.2 Å². The topological polar surface area (TPSA) is 112 Å². The smallest absolute Gasteiger partial charge is 0.341 e. The zero-order valence-corrected chi connectivity index (χ0v) is 18.0. The molecular weight excluding hydrogens is 448 g/mol. The van der Waals surface area contributed by atoms with Crippen molar-refractivity contribution in [3.05, 3.63) is 45.2 Å². The van der Waals surface area contributed by atoms with Crippen molar-refractivity contribution in [3.63, 3.8) is 0 Å². The van der Waals surface area contributed by atoms with Gasteiger partial charge in [0, 0.05) is 31.7 Å². The van der Waals surface area contributed by atoms with Crippen LogP contribution in [-0.4, -0.2) is 44.4 Å². The average molecular weight is 469 g/mol. The molecule has 0 radical (unpaired) electrons. The number of halogens is 2. The number of alkyl halides is 2. The van der Waals surface area contributed by atoms with Crippen LogP contribution in [0.1, 0.15) is 53.2 Å². The van der Waals surface area contributed by atoms with Crippen LogP contribution < -0.4 is 10.3 Å². The number of carboxylic acids is 1. The number of nitrogens with zero attached hydrogens (tertiary/aromatic N) is 1. The quantitative estimate of drug-likeness (QED) is 0.591. The van der Waals surface area contributed by atoms with Crippen molar-refractivity contribution >= 4 is 15.8 Å². The predicted octanol–water partition coefficient (Wildman–Crippen LogP) is 3.19. The summed E-state index contributed by atoms with van der Waals surface area (Å²) in [7, 11) is -2.50. The molecule has 1 N–H and O–H groups in total. The van der Waals surface area contributed by atoms with Crippen molar-refractivity contribution in [1.82, 2.24) is 4.57 Å². The summed E-state index contributed by atoms with van der Waals surface area (Å²) < 4.78 is 65.3. The Labute approximate surface area is 182 Å². The Kier molecular flexibility index (Phi) is 5.80. The zero-order valence-electron chi connectivity index (χ0n) is 17.1. The molecule has 2 aliphatic rings. The van der Waals surface area contributed by atoms with Crippen molar-refractivity contribution in [2.45, 2.75) is 42.4 Å². The Balaban J connectivity index is 1.95. The molecule has 32 heavy (non-hydrogen) atoms. The van der Waals surface area contributed by atoms with E-state index in [-0.39, 0.29) is 40.1 Å². The van der Waals surface area contributed by atoms with Crippen LogP contribution in [-0.2, 0) is 20.3 Å². The van der Waals surface area contributed by atoms with E-state index in [1.54, 1.807) is 0 Å². The largest absolute Gasteiger partial charge is 0.493 e. The first-order chi connectivity index (χ1) is 15.2. The number of benzene rings is 1. The molecule has 0 spiro atoms. The van der Waals surface area contributed by atoms with Gasteiger partial charge in [-0.3, -0.25) is 4.79 Å². The number of carboxylic acid groups (broad SMARTS) is 1. The van der Waals surface area contributed by atoms with Crippen molar-refractivity contribution in [2.24, 2.45) is 0 Å². The molecule has 4 rings (SSSR count). The van der Waals surface area contributed by atoms with Crippen LogP contribution in [0.4, 0.5) is 8.78 Å². The number of fused-ring (bicyclic) bond motifs is 3. The Hall–Kier alpha value is -2.79. The third kappa shape index (κ3) is 3.90. The molecule has 1 aromatic heterocycles. The molecule has 1 aliphatic carbocycles. The van der Waals surface area contributed by atoms with Crippen LogP contribution >= 0.6 is 0 Å². The molecule has 11 heteroatoms. The molecule has 0 bridgehead atoms. The highest BCUT2D eigenvalue weighted by Crippen LogP contribution is 2.46. The van der Waals surface area contributed by atoms with Crippen LogP contribution in [0.5, 0.6) is 5.75 Å². The van der Waals surface area contributed by atoms with Crippen molar-refractivity contribution in [1.29, 1.82) is 0 Å². The molecule has 172 valence electrons. The van der Waals surface area contributed by atoms with Gasteiger partial charge in [-0.15, -0.1) is 0 Å². The van der Waals surface area contributed by atoms with Gasteiger partial charge in [0.2, 0.25) is 0 Å². The lowest BCUT2D eigenvalue weighted by Gasteiger charge is -2.26. The second-order valence-electron chi connectivity index (χ2n) is 7.78. The zero-order chi connectivity index (χ0) is 23.2. The lowest BCUT2D eigenvalue weighted by atomic mass is 10.00. The van der Waals surface area contributed by atoms with E-state index in [9.17, 15) is 31.9 Å². The first-order valence-corrected chi connectivity index (χ1v) is 11.6. The molecule has 1 saturated carbocycles. The van der Waals surface area contributed by atoms with Gasteiger partial charge in [0.25, 0.3) is 12.0 Å². The van der Waals surface area contributed by atoms with E-state index in [4.69, 9.17) is 9.47 Å². The second-order valence-corrected chi connectivity index (χ2v) is 9.74. The van der Waals surface area contributed by atoms with Gasteiger partial charge in [0.1, 0.15) is 11.3 Å². The maximum atomic E-state index is 13.9. The van der Waals surface area contributed by atoms with Crippen LogP contribution in [0, 0.1) is 0 Å². The Morgan fingerprint density at radius 1 is 1.25 bits per heavy atom. The minimum absolute atomic E-state index is 0.0354. The molecule has 1 fully saturated rings. The molecule has 2 aromatic rings. The van der Waals surface area contributed by atoms with Gasteiger partial charge in [-0.1, -0.05) is 0 Å². The summed E-state index contributed by atoms with van der Waals surface area (Å²) in [6.07, 6.45) is -1.31. The highest BCUT2D eigenvalue weighted by atomic mass is 32.2. The van der Waals surface area contributed by atoms with Crippen LogP contribution in [0.15, 0.2) is 27.9 Å². The molecule has 2 heterocycles. The molecule has 1 aliphatic heterocycles. The van der Waals surface area contributed by atoms with Crippen molar-refractivity contribution in [2.75, 3.05) is 20.3 Å². The molecule has 0 saturated heterocycles. The lowest BCUT2D eigenvalue weighted by molar-refractivity contribution is 0.0694. The van der Waals surface area contributed by atoms with E-state index in [2.05, 4.69) is 0 Å². The van der Waals surface area contributed by atoms with E-state index >= 15 is 0 Å². The SMILES string of the molecule is COCCCOc1cc2c(cc1C(F)F)-c1c(cc(C(=O)O)c(=O)n1C1CC1)CS2(=O)=O. The van der Waals surface area contributed by atoms with Crippen LogP contribution in [0.25, 0.3) is 11.3 Å². The van der Waals surface area contributed by atoms with Gasteiger partial charge in [-0.2, -0.15) is 0 Å². The fraction of sp³-hybridized carbons (Fsp3) is 0.429. The first kappa shape index (κ1) is 22.4. The van der Waals surface area contributed by atoms with Gasteiger partial charge in [0.15, 0.2) is 9.84 Å². The molecule has 1 aromatic carbocycles. The number of ether oxygens (including phenoxy) is 2. The van der Waals surface area contributed by atoms with Gasteiger partial charge >= 0.3 is 5.97 Å². The minimum Gasteiger partial charge on any atom is -0.493 e. The predicted molar refractivity (Wildman–Crippen MR) is 109 cm³/mol.